The van der Waals surface area contributed by atoms with Crippen molar-refractivity contribution in [1.29, 1.82) is 0 Å². The molecule has 0 saturated heterocycles. The van der Waals surface area contributed by atoms with E-state index in [2.05, 4.69) is 4.72 Å². The molecule has 0 radical (unpaired) electrons. The molecule has 23 heavy (non-hydrogen) atoms. The molecule has 0 heterocycles. The molecule has 0 aliphatic heterocycles. The average molecular weight is 354 g/mol. The van der Waals surface area contributed by atoms with Crippen LogP contribution in [-0.4, -0.2) is 16.8 Å². The lowest BCUT2D eigenvalue weighted by Gasteiger charge is -2.14. The molecule has 2 rings (SSSR count). The number of nitrogens with one attached hydrogen (secondary N) is 1. The fourth-order valence-electron chi connectivity index (χ4n) is 2.34. The molecular weight excluding hydrogens is 336 g/mol. The van der Waals surface area contributed by atoms with Crippen LogP contribution >= 0.6 is 0 Å². The summed E-state index contributed by atoms with van der Waals surface area (Å²) in [7, 11) is -7.68. The quantitative estimate of drug-likeness (QED) is 0.876. The summed E-state index contributed by atoms with van der Waals surface area (Å²) in [6.45, 7) is 5.58. The fourth-order valence-corrected chi connectivity index (χ4v) is 4.06. The van der Waals surface area contributed by atoms with Crippen LogP contribution in [0.5, 0.6) is 0 Å². The number of hydrogen-bond donors (Lipinski definition) is 2. The Bertz CT molecular complexity index is 924. The Kier molecular flexibility index (Phi) is 4.52. The smallest absolute Gasteiger partial charge is 0.261 e. The third-order valence-electron chi connectivity index (χ3n) is 3.38. The second kappa shape index (κ2) is 5.95. The van der Waals surface area contributed by atoms with Crippen molar-refractivity contribution in [3.8, 4) is 0 Å². The van der Waals surface area contributed by atoms with Gasteiger partial charge in [-0.2, -0.15) is 0 Å². The van der Waals surface area contributed by atoms with Crippen LogP contribution in [0.15, 0.2) is 46.2 Å². The molecule has 0 saturated carbocycles. The summed E-state index contributed by atoms with van der Waals surface area (Å²) >= 11 is 0. The van der Waals surface area contributed by atoms with Crippen LogP contribution in [0, 0.1) is 20.8 Å². The van der Waals surface area contributed by atoms with E-state index >= 15 is 0 Å². The van der Waals surface area contributed by atoms with Crippen molar-refractivity contribution < 1.29 is 16.8 Å². The van der Waals surface area contributed by atoms with E-state index in [1.807, 2.05) is 32.9 Å². The van der Waals surface area contributed by atoms with Crippen LogP contribution in [0.25, 0.3) is 0 Å². The van der Waals surface area contributed by atoms with Gasteiger partial charge in [-0.15, -0.1) is 0 Å². The van der Waals surface area contributed by atoms with Gasteiger partial charge < -0.3 is 0 Å². The number of hydrogen-bond acceptors (Lipinski definition) is 4. The van der Waals surface area contributed by atoms with Gasteiger partial charge in [0.15, 0.2) is 0 Å². The first kappa shape index (κ1) is 17.5. The van der Waals surface area contributed by atoms with Crippen LogP contribution in [-0.2, 0) is 20.0 Å². The second-order valence-electron chi connectivity index (χ2n) is 5.40. The Morgan fingerprint density at radius 3 is 1.70 bits per heavy atom. The largest absolute Gasteiger partial charge is 0.279 e. The molecule has 8 heteroatoms. The van der Waals surface area contributed by atoms with E-state index in [9.17, 15) is 16.8 Å². The Labute approximate surface area is 136 Å². The SMILES string of the molecule is Cc1cc(C)c(NS(=O)(=O)c2ccc(S(N)(=O)=O)cc2)c(C)c1. The van der Waals surface area contributed by atoms with Crippen molar-refractivity contribution in [2.75, 3.05) is 4.72 Å². The van der Waals surface area contributed by atoms with Crippen molar-refractivity contribution in [2.24, 2.45) is 5.14 Å². The van der Waals surface area contributed by atoms with Gasteiger partial charge in [-0.05, 0) is 56.2 Å². The van der Waals surface area contributed by atoms with Crippen molar-refractivity contribution in [3.05, 3.63) is 53.1 Å². The number of anilines is 1. The van der Waals surface area contributed by atoms with E-state index < -0.39 is 20.0 Å². The molecule has 0 bridgehead atoms. The first-order valence-corrected chi connectivity index (χ1v) is 9.77. The maximum atomic E-state index is 12.5. The summed E-state index contributed by atoms with van der Waals surface area (Å²) in [5.41, 5.74) is 3.19. The Morgan fingerprint density at radius 2 is 1.26 bits per heavy atom. The van der Waals surface area contributed by atoms with Crippen LogP contribution in [0.3, 0.4) is 0 Å². The summed E-state index contributed by atoms with van der Waals surface area (Å²) < 4.78 is 49.9. The molecule has 0 atom stereocenters. The number of benzene rings is 2. The van der Waals surface area contributed by atoms with E-state index in [4.69, 9.17) is 5.14 Å². The highest BCUT2D eigenvalue weighted by Gasteiger charge is 2.18. The number of primary sulfonamides is 1. The Morgan fingerprint density at radius 1 is 0.826 bits per heavy atom. The molecule has 0 aliphatic rings. The van der Waals surface area contributed by atoms with E-state index in [1.165, 1.54) is 24.3 Å². The number of rotatable bonds is 4. The van der Waals surface area contributed by atoms with Crippen molar-refractivity contribution >= 4 is 25.7 Å². The zero-order valence-corrected chi connectivity index (χ0v) is 14.6. The normalized spacial score (nSPS) is 12.2. The van der Waals surface area contributed by atoms with Gasteiger partial charge in [-0.1, -0.05) is 17.7 Å². The zero-order chi connectivity index (χ0) is 17.4. The number of aryl methyl sites for hydroxylation is 3. The average Bonchev–Trinajstić information content (AvgIpc) is 2.42. The molecule has 0 aliphatic carbocycles. The Hall–Kier alpha value is -1.90. The van der Waals surface area contributed by atoms with E-state index in [-0.39, 0.29) is 9.79 Å². The van der Waals surface area contributed by atoms with Gasteiger partial charge in [0.25, 0.3) is 10.0 Å². The summed E-state index contributed by atoms with van der Waals surface area (Å²) in [4.78, 5) is -0.177. The Balaban J connectivity index is 2.40. The molecule has 2 aromatic rings. The van der Waals surface area contributed by atoms with Crippen LogP contribution in [0.4, 0.5) is 5.69 Å². The molecule has 6 nitrogen and oxygen atoms in total. The van der Waals surface area contributed by atoms with Gasteiger partial charge in [-0.25, -0.2) is 22.0 Å². The summed E-state index contributed by atoms with van der Waals surface area (Å²) in [6.07, 6.45) is 0. The topological polar surface area (TPSA) is 106 Å². The standard InChI is InChI=1S/C15H18N2O4S2/c1-10-8-11(2)15(12(3)9-10)17-23(20,21)14-6-4-13(5-7-14)22(16,18)19/h4-9,17H,1-3H3,(H2,16,18,19). The van der Waals surface area contributed by atoms with Gasteiger partial charge in [0.05, 0.1) is 15.5 Å². The highest BCUT2D eigenvalue weighted by molar-refractivity contribution is 7.92. The minimum absolute atomic E-state index is 0.0377. The third kappa shape index (κ3) is 3.90. The van der Waals surface area contributed by atoms with Gasteiger partial charge in [0.1, 0.15) is 0 Å². The molecule has 0 unspecified atom stereocenters. The molecule has 3 N–H and O–H groups in total. The monoisotopic (exact) mass is 354 g/mol. The third-order valence-corrected chi connectivity index (χ3v) is 5.67. The lowest BCUT2D eigenvalue weighted by atomic mass is 10.1. The fraction of sp³-hybridized carbons (Fsp3) is 0.200. The summed E-state index contributed by atoms with van der Waals surface area (Å²) in [6, 6.07) is 8.52. The molecular formula is C15H18N2O4S2. The van der Waals surface area contributed by atoms with Crippen molar-refractivity contribution in [1.82, 2.24) is 0 Å². The molecule has 0 spiro atoms. The second-order valence-corrected chi connectivity index (χ2v) is 8.64. The highest BCUT2D eigenvalue weighted by atomic mass is 32.2. The maximum absolute atomic E-state index is 12.5. The predicted octanol–water partition coefficient (Wildman–Crippen LogP) is 2.06. The molecule has 2 aromatic carbocycles. The highest BCUT2D eigenvalue weighted by Crippen LogP contribution is 2.25. The minimum Gasteiger partial charge on any atom is -0.279 e. The van der Waals surface area contributed by atoms with Gasteiger partial charge in [0.2, 0.25) is 10.0 Å². The van der Waals surface area contributed by atoms with E-state index in [0.29, 0.717) is 5.69 Å². The minimum atomic E-state index is -3.86. The molecule has 0 fully saturated rings. The van der Waals surface area contributed by atoms with Crippen molar-refractivity contribution in [3.63, 3.8) is 0 Å². The van der Waals surface area contributed by atoms with E-state index in [0.717, 1.165) is 16.7 Å². The summed E-state index contributed by atoms with van der Waals surface area (Å²) in [5.74, 6) is 0. The van der Waals surface area contributed by atoms with Gasteiger partial charge in [-0.3, -0.25) is 4.72 Å². The zero-order valence-electron chi connectivity index (χ0n) is 13.0. The predicted molar refractivity (Wildman–Crippen MR) is 89.3 cm³/mol. The molecule has 124 valence electrons. The molecule has 0 amide bonds. The van der Waals surface area contributed by atoms with E-state index in [1.54, 1.807) is 0 Å². The first-order valence-electron chi connectivity index (χ1n) is 6.74. The van der Waals surface area contributed by atoms with Crippen LogP contribution < -0.4 is 9.86 Å². The molecule has 0 aromatic heterocycles. The lowest BCUT2D eigenvalue weighted by molar-refractivity contribution is 0.595. The summed E-state index contributed by atoms with van der Waals surface area (Å²) in [5, 5.41) is 5.00. The van der Waals surface area contributed by atoms with Gasteiger partial charge >= 0.3 is 0 Å². The van der Waals surface area contributed by atoms with Crippen LogP contribution in [0.1, 0.15) is 16.7 Å². The number of nitrogens with two attached hydrogens (primary N) is 1. The lowest BCUT2D eigenvalue weighted by Crippen LogP contribution is -2.16. The van der Waals surface area contributed by atoms with Crippen LogP contribution in [0.2, 0.25) is 0 Å². The first-order chi connectivity index (χ1) is 10.5. The van der Waals surface area contributed by atoms with Crippen molar-refractivity contribution in [2.45, 2.75) is 30.6 Å². The number of sulfonamides is 2. The maximum Gasteiger partial charge on any atom is 0.261 e. The van der Waals surface area contributed by atoms with Gasteiger partial charge in [0, 0.05) is 0 Å².